The average molecular weight is 184 g/mol. The van der Waals surface area contributed by atoms with Crippen LogP contribution in [-0.4, -0.2) is 24.6 Å². The van der Waals surface area contributed by atoms with Crippen LogP contribution in [0.3, 0.4) is 0 Å². The molecule has 0 bridgehead atoms. The highest BCUT2D eigenvalue weighted by Crippen LogP contribution is 2.19. The lowest BCUT2D eigenvalue weighted by Crippen LogP contribution is -2.42. The third-order valence-corrected chi connectivity index (χ3v) is 2.05. The Morgan fingerprint density at radius 3 is 2.85 bits per heavy atom. The molecular formula is C10H16O3. The topological polar surface area (TPSA) is 35.5 Å². The zero-order valence-electron chi connectivity index (χ0n) is 8.32. The van der Waals surface area contributed by atoms with Crippen molar-refractivity contribution in [3.05, 3.63) is 12.3 Å². The van der Waals surface area contributed by atoms with Crippen molar-refractivity contribution in [2.45, 2.75) is 33.0 Å². The van der Waals surface area contributed by atoms with E-state index in [1.54, 1.807) is 0 Å². The Bertz CT molecular complexity index is 208. The highest BCUT2D eigenvalue weighted by molar-refractivity contribution is 5.94. The Balaban J connectivity index is 2.71. The van der Waals surface area contributed by atoms with Crippen molar-refractivity contribution < 1.29 is 14.3 Å². The van der Waals surface area contributed by atoms with Gasteiger partial charge in [0.05, 0.1) is 6.26 Å². The molecule has 1 heterocycles. The van der Waals surface area contributed by atoms with Gasteiger partial charge in [-0.1, -0.05) is 13.8 Å². The minimum absolute atomic E-state index is 0.00630. The van der Waals surface area contributed by atoms with Crippen LogP contribution < -0.4 is 0 Å². The predicted octanol–water partition coefficient (Wildman–Crippen LogP) is 1.53. The second-order valence-corrected chi connectivity index (χ2v) is 3.43. The van der Waals surface area contributed by atoms with Crippen molar-refractivity contribution in [1.82, 2.24) is 0 Å². The first-order chi connectivity index (χ1) is 6.16. The van der Waals surface area contributed by atoms with Gasteiger partial charge in [-0.05, 0) is 12.8 Å². The molecule has 0 aromatic rings. The number of hydrogen-bond donors (Lipinski definition) is 0. The van der Waals surface area contributed by atoms with Crippen LogP contribution in [0.5, 0.6) is 0 Å². The maximum absolute atomic E-state index is 11.4. The number of ketones is 1. The molecule has 0 aliphatic carbocycles. The van der Waals surface area contributed by atoms with Crippen molar-refractivity contribution in [3.8, 4) is 0 Å². The van der Waals surface area contributed by atoms with E-state index in [1.165, 1.54) is 12.3 Å². The number of hydrogen-bond acceptors (Lipinski definition) is 3. The molecule has 0 aromatic carbocycles. The zero-order valence-corrected chi connectivity index (χ0v) is 8.32. The van der Waals surface area contributed by atoms with Crippen molar-refractivity contribution >= 4 is 5.78 Å². The summed E-state index contributed by atoms with van der Waals surface area (Å²) in [5.41, 5.74) is 0. The summed E-state index contributed by atoms with van der Waals surface area (Å²) in [6, 6.07) is 0. The fourth-order valence-electron chi connectivity index (χ4n) is 1.39. The summed E-state index contributed by atoms with van der Waals surface area (Å²) in [6.45, 7) is 6.45. The Morgan fingerprint density at radius 2 is 2.31 bits per heavy atom. The van der Waals surface area contributed by atoms with E-state index in [9.17, 15) is 4.79 Å². The fourth-order valence-corrected chi connectivity index (χ4v) is 1.39. The molecule has 0 fully saturated rings. The van der Waals surface area contributed by atoms with Gasteiger partial charge in [-0.3, -0.25) is 4.79 Å². The van der Waals surface area contributed by atoms with Crippen LogP contribution in [0.2, 0.25) is 0 Å². The van der Waals surface area contributed by atoms with Gasteiger partial charge in [0.2, 0.25) is 0 Å². The quantitative estimate of drug-likeness (QED) is 0.667. The van der Waals surface area contributed by atoms with Crippen LogP contribution in [0.1, 0.15) is 20.8 Å². The van der Waals surface area contributed by atoms with Gasteiger partial charge in [0, 0.05) is 12.7 Å². The molecule has 0 aromatic heterocycles. The van der Waals surface area contributed by atoms with E-state index in [0.717, 1.165) is 0 Å². The fraction of sp³-hybridized carbons (Fsp3) is 0.700. The third kappa shape index (κ3) is 2.31. The first-order valence-electron chi connectivity index (χ1n) is 4.64. The molecule has 13 heavy (non-hydrogen) atoms. The minimum Gasteiger partial charge on any atom is -0.494 e. The van der Waals surface area contributed by atoms with Gasteiger partial charge in [0.1, 0.15) is 6.10 Å². The smallest absolute Gasteiger partial charge is 0.191 e. The van der Waals surface area contributed by atoms with Crippen molar-refractivity contribution in [1.29, 1.82) is 0 Å². The Morgan fingerprint density at radius 1 is 1.62 bits per heavy atom. The van der Waals surface area contributed by atoms with E-state index in [2.05, 4.69) is 0 Å². The first-order valence-corrected chi connectivity index (χ1v) is 4.64. The number of carbonyl (C=O) groups is 1. The molecule has 1 rings (SSSR count). The van der Waals surface area contributed by atoms with E-state index in [0.29, 0.717) is 6.61 Å². The van der Waals surface area contributed by atoms with Gasteiger partial charge in [-0.25, -0.2) is 0 Å². The molecule has 0 N–H and O–H groups in total. The van der Waals surface area contributed by atoms with Gasteiger partial charge in [0.25, 0.3) is 0 Å². The summed E-state index contributed by atoms with van der Waals surface area (Å²) in [6.07, 6.45) is 2.33. The van der Waals surface area contributed by atoms with Crippen molar-refractivity contribution in [2.24, 2.45) is 5.92 Å². The molecule has 74 valence electrons. The molecule has 2 atom stereocenters. The van der Waals surface area contributed by atoms with Gasteiger partial charge < -0.3 is 9.47 Å². The average Bonchev–Trinajstić information content (AvgIpc) is 2.08. The maximum Gasteiger partial charge on any atom is 0.191 e. The third-order valence-electron chi connectivity index (χ3n) is 2.05. The highest BCUT2D eigenvalue weighted by Gasteiger charge is 2.33. The highest BCUT2D eigenvalue weighted by atomic mass is 16.5. The molecule has 0 saturated carbocycles. The summed E-state index contributed by atoms with van der Waals surface area (Å²) in [7, 11) is 0. The van der Waals surface area contributed by atoms with E-state index in [-0.39, 0.29) is 17.8 Å². The van der Waals surface area contributed by atoms with Crippen LogP contribution in [-0.2, 0) is 14.3 Å². The van der Waals surface area contributed by atoms with Crippen molar-refractivity contribution in [3.63, 3.8) is 0 Å². The number of ether oxygens (including phenoxy) is 2. The van der Waals surface area contributed by atoms with E-state index in [4.69, 9.17) is 9.47 Å². The van der Waals surface area contributed by atoms with Gasteiger partial charge in [-0.15, -0.1) is 0 Å². The second-order valence-electron chi connectivity index (χ2n) is 3.43. The largest absolute Gasteiger partial charge is 0.494 e. The molecule has 0 radical (unpaired) electrons. The van der Waals surface area contributed by atoms with Crippen molar-refractivity contribution in [2.75, 3.05) is 6.61 Å². The summed E-state index contributed by atoms with van der Waals surface area (Å²) in [5, 5.41) is 0. The van der Waals surface area contributed by atoms with Crippen LogP contribution in [0.4, 0.5) is 0 Å². The van der Waals surface area contributed by atoms with Gasteiger partial charge in [-0.2, -0.15) is 0 Å². The molecular weight excluding hydrogens is 168 g/mol. The molecule has 3 nitrogen and oxygen atoms in total. The lowest BCUT2D eigenvalue weighted by molar-refractivity contribution is -0.139. The SMILES string of the molecule is CCO[C@H]1C(=O)C=CO[C@@H]1C(C)C. The number of rotatable bonds is 3. The van der Waals surface area contributed by atoms with Crippen LogP contribution in [0, 0.1) is 5.92 Å². The van der Waals surface area contributed by atoms with E-state index < -0.39 is 6.10 Å². The zero-order chi connectivity index (χ0) is 9.84. The molecule has 0 spiro atoms. The van der Waals surface area contributed by atoms with Crippen LogP contribution >= 0.6 is 0 Å². The van der Waals surface area contributed by atoms with Gasteiger partial charge >= 0.3 is 0 Å². The predicted molar refractivity (Wildman–Crippen MR) is 49.3 cm³/mol. The van der Waals surface area contributed by atoms with Crippen LogP contribution in [0.25, 0.3) is 0 Å². The molecule has 0 amide bonds. The summed E-state index contributed by atoms with van der Waals surface area (Å²) in [5.74, 6) is 0.289. The summed E-state index contributed by atoms with van der Waals surface area (Å²) in [4.78, 5) is 11.4. The van der Waals surface area contributed by atoms with Crippen LogP contribution in [0.15, 0.2) is 12.3 Å². The molecule has 0 unspecified atom stereocenters. The summed E-state index contributed by atoms with van der Waals surface area (Å²) >= 11 is 0. The maximum atomic E-state index is 11.4. The molecule has 1 aliphatic heterocycles. The molecule has 0 saturated heterocycles. The first kappa shape index (κ1) is 10.3. The molecule has 3 heteroatoms. The summed E-state index contributed by atoms with van der Waals surface area (Å²) < 4.78 is 10.7. The lowest BCUT2D eigenvalue weighted by Gasteiger charge is -2.30. The van der Waals surface area contributed by atoms with E-state index in [1.807, 2.05) is 20.8 Å². The van der Waals surface area contributed by atoms with E-state index >= 15 is 0 Å². The Labute approximate surface area is 78.7 Å². The Hall–Kier alpha value is -0.830. The Kier molecular flexibility index (Phi) is 3.48. The van der Waals surface area contributed by atoms with Gasteiger partial charge in [0.15, 0.2) is 11.9 Å². The monoisotopic (exact) mass is 184 g/mol. The standard InChI is InChI=1S/C10H16O3/c1-4-12-10-8(11)5-6-13-9(10)7(2)3/h5-7,9-10H,4H2,1-3H3/t9-,10+/m1/s1. The number of carbonyl (C=O) groups excluding carboxylic acids is 1. The normalized spacial score (nSPS) is 27.8. The lowest BCUT2D eigenvalue weighted by atomic mass is 9.97. The second kappa shape index (κ2) is 4.42. The minimum atomic E-state index is -0.421. The molecule has 1 aliphatic rings.